The number of hydrogen-bond donors (Lipinski definition) is 2. The Morgan fingerprint density at radius 3 is 2.28 bits per heavy atom. The monoisotopic (exact) mass is 658 g/mol. The second-order valence-corrected chi connectivity index (χ2v) is 15.4. The molecule has 4 aromatic rings. The Labute approximate surface area is 278 Å². The third kappa shape index (κ3) is 9.44. The van der Waals surface area contributed by atoms with Gasteiger partial charge in [0, 0.05) is 11.3 Å². The van der Waals surface area contributed by atoms with E-state index in [1.54, 1.807) is 36.4 Å². The summed E-state index contributed by atoms with van der Waals surface area (Å²) in [4.78, 5) is 18.2. The van der Waals surface area contributed by atoms with Crippen LogP contribution in [-0.2, 0) is 21.0 Å². The van der Waals surface area contributed by atoms with Gasteiger partial charge in [-0.25, -0.2) is 13.2 Å². The summed E-state index contributed by atoms with van der Waals surface area (Å²) in [6.45, 7) is 9.00. The van der Waals surface area contributed by atoms with E-state index < -0.39 is 21.9 Å². The second kappa shape index (κ2) is 15.2. The Morgan fingerprint density at radius 1 is 0.957 bits per heavy atom. The lowest BCUT2D eigenvalue weighted by atomic mass is 9.85. The van der Waals surface area contributed by atoms with Gasteiger partial charge in [-0.2, -0.15) is 4.98 Å². The fourth-order valence-corrected chi connectivity index (χ4v) is 7.22. The predicted octanol–water partition coefficient (Wildman–Crippen LogP) is 8.63. The van der Waals surface area contributed by atoms with Crippen molar-refractivity contribution < 1.29 is 22.5 Å². The Kier molecular flexibility index (Phi) is 11.0. The Balaban J connectivity index is 1.23. The first-order valence-corrected chi connectivity index (χ1v) is 18.2. The number of benzene rings is 3. The van der Waals surface area contributed by atoms with Crippen LogP contribution in [0.1, 0.15) is 95.7 Å². The van der Waals surface area contributed by atoms with Crippen LogP contribution >= 0.6 is 0 Å². The molecule has 1 fully saturated rings. The number of anilines is 1. The van der Waals surface area contributed by atoms with Gasteiger partial charge in [-0.05, 0) is 83.8 Å². The molecule has 5 rings (SSSR count). The number of nitrogens with one attached hydrogen (secondary N) is 2. The summed E-state index contributed by atoms with van der Waals surface area (Å²) in [5.74, 6) is 1.92. The van der Waals surface area contributed by atoms with Gasteiger partial charge in [-0.1, -0.05) is 89.2 Å². The molecule has 1 atom stereocenters. The molecule has 3 aromatic carbocycles. The zero-order valence-electron chi connectivity index (χ0n) is 27.8. The van der Waals surface area contributed by atoms with Crippen molar-refractivity contribution in [2.24, 2.45) is 5.92 Å². The van der Waals surface area contributed by atoms with E-state index in [0.29, 0.717) is 46.8 Å². The van der Waals surface area contributed by atoms with Gasteiger partial charge in [-0.3, -0.25) is 0 Å². The van der Waals surface area contributed by atoms with E-state index in [2.05, 4.69) is 48.5 Å². The SMILES string of the molecule is CCCOc1ccc(-c2noc([C@H](CC3CCCCC3)NC(=O)Nc3ccc(CS(=O)(=O)c4ccc(C(C)(C)C)cc4)cc3)n2)cc1. The highest BCUT2D eigenvalue weighted by atomic mass is 32.2. The number of carbonyl (C=O) groups excluding carboxylic acids is 1. The molecule has 9 nitrogen and oxygen atoms in total. The van der Waals surface area contributed by atoms with Crippen LogP contribution in [0.25, 0.3) is 11.4 Å². The molecule has 1 aliphatic carbocycles. The highest BCUT2D eigenvalue weighted by Crippen LogP contribution is 2.33. The van der Waals surface area contributed by atoms with E-state index in [1.165, 1.54) is 19.3 Å². The molecule has 0 saturated heterocycles. The summed E-state index contributed by atoms with van der Waals surface area (Å²) in [7, 11) is -3.53. The van der Waals surface area contributed by atoms with Crippen molar-refractivity contribution in [1.82, 2.24) is 15.5 Å². The van der Waals surface area contributed by atoms with Crippen LogP contribution in [0.5, 0.6) is 5.75 Å². The van der Waals surface area contributed by atoms with Crippen molar-refractivity contribution in [1.29, 1.82) is 0 Å². The summed E-state index contributed by atoms with van der Waals surface area (Å²) in [6, 6.07) is 20.7. The quantitative estimate of drug-likeness (QED) is 0.156. The minimum atomic E-state index is -3.53. The average molecular weight is 659 g/mol. The molecule has 2 N–H and O–H groups in total. The summed E-state index contributed by atoms with van der Waals surface area (Å²) < 4.78 is 37.5. The zero-order chi connectivity index (χ0) is 33.4. The first-order valence-electron chi connectivity index (χ1n) is 16.6. The molecule has 0 aliphatic heterocycles. The van der Waals surface area contributed by atoms with Crippen molar-refractivity contribution in [3.8, 4) is 17.1 Å². The lowest BCUT2D eigenvalue weighted by Gasteiger charge is -2.25. The first-order chi connectivity index (χ1) is 22.5. The van der Waals surface area contributed by atoms with E-state index in [1.807, 2.05) is 36.4 Å². The van der Waals surface area contributed by atoms with Crippen molar-refractivity contribution in [2.75, 3.05) is 11.9 Å². The molecule has 0 unspecified atom stereocenters. The molecule has 10 heteroatoms. The molecule has 47 heavy (non-hydrogen) atoms. The molecular formula is C37H46N4O5S. The number of aromatic nitrogens is 2. The number of amides is 2. The minimum absolute atomic E-state index is 0.0573. The van der Waals surface area contributed by atoms with Gasteiger partial charge in [0.05, 0.1) is 17.3 Å². The Morgan fingerprint density at radius 2 is 1.64 bits per heavy atom. The molecule has 1 heterocycles. The predicted molar refractivity (Wildman–Crippen MR) is 184 cm³/mol. The molecule has 0 bridgehead atoms. The molecule has 0 radical (unpaired) electrons. The van der Waals surface area contributed by atoms with Crippen LogP contribution in [0, 0.1) is 5.92 Å². The summed E-state index contributed by atoms with van der Waals surface area (Å²) in [6.07, 6.45) is 7.42. The average Bonchev–Trinajstić information content (AvgIpc) is 3.55. The maximum Gasteiger partial charge on any atom is 0.319 e. The smallest absolute Gasteiger partial charge is 0.319 e. The van der Waals surface area contributed by atoms with Gasteiger partial charge in [0.2, 0.25) is 11.7 Å². The Hall–Kier alpha value is -4.18. The molecular weight excluding hydrogens is 612 g/mol. The topological polar surface area (TPSA) is 123 Å². The van der Waals surface area contributed by atoms with Crippen molar-refractivity contribution in [3.05, 3.63) is 89.8 Å². The molecule has 1 saturated carbocycles. The molecule has 250 valence electrons. The third-order valence-corrected chi connectivity index (χ3v) is 10.3. The minimum Gasteiger partial charge on any atom is -0.494 e. The van der Waals surface area contributed by atoms with Crippen molar-refractivity contribution >= 4 is 21.6 Å². The Bertz CT molecular complexity index is 1700. The van der Waals surface area contributed by atoms with Crippen LogP contribution in [-0.4, -0.2) is 31.2 Å². The number of carbonyl (C=O) groups is 1. The lowest BCUT2D eigenvalue weighted by Crippen LogP contribution is -2.34. The van der Waals surface area contributed by atoms with E-state index in [0.717, 1.165) is 36.1 Å². The normalized spacial score (nSPS) is 14.8. The fraction of sp³-hybridized carbons (Fsp3) is 0.432. The molecule has 0 spiro atoms. The summed E-state index contributed by atoms with van der Waals surface area (Å²) in [5.41, 5.74) is 3.00. The van der Waals surface area contributed by atoms with Gasteiger partial charge < -0.3 is 19.9 Å². The van der Waals surface area contributed by atoms with Crippen LogP contribution in [0.4, 0.5) is 10.5 Å². The van der Waals surface area contributed by atoms with Crippen LogP contribution in [0.15, 0.2) is 82.2 Å². The molecule has 1 aromatic heterocycles. The first kappa shape index (κ1) is 34.2. The van der Waals surface area contributed by atoms with E-state index in [4.69, 9.17) is 9.26 Å². The highest BCUT2D eigenvalue weighted by Gasteiger charge is 2.27. The van der Waals surface area contributed by atoms with Crippen molar-refractivity contribution in [2.45, 2.75) is 94.7 Å². The lowest BCUT2D eigenvalue weighted by molar-refractivity contribution is 0.231. The molecule has 2 amide bonds. The number of sulfone groups is 1. The van der Waals surface area contributed by atoms with Crippen LogP contribution in [0.2, 0.25) is 0 Å². The largest absolute Gasteiger partial charge is 0.494 e. The standard InChI is InChI=1S/C37H46N4O5S/c1-5-23-45-31-19-13-28(14-20-31)34-40-35(46-41-34)33(24-26-9-7-6-8-10-26)39-36(42)38-30-17-11-27(12-18-30)25-47(43,44)32-21-15-29(16-22-32)37(2,3)4/h11-22,26,33H,5-10,23-25H2,1-4H3,(H2,38,39,42)/t33-/m0/s1. The van der Waals surface area contributed by atoms with Gasteiger partial charge in [0.1, 0.15) is 11.8 Å². The maximum atomic E-state index is 13.2. The number of ether oxygens (including phenoxy) is 1. The van der Waals surface area contributed by atoms with Gasteiger partial charge in [0.25, 0.3) is 0 Å². The summed E-state index contributed by atoms with van der Waals surface area (Å²) in [5, 5.41) is 10.1. The van der Waals surface area contributed by atoms with Gasteiger partial charge >= 0.3 is 6.03 Å². The van der Waals surface area contributed by atoms with Crippen molar-refractivity contribution in [3.63, 3.8) is 0 Å². The van der Waals surface area contributed by atoms with E-state index in [9.17, 15) is 13.2 Å². The second-order valence-electron chi connectivity index (χ2n) is 13.5. The van der Waals surface area contributed by atoms with Gasteiger partial charge in [-0.15, -0.1) is 0 Å². The third-order valence-electron chi connectivity index (χ3n) is 8.57. The van der Waals surface area contributed by atoms with E-state index >= 15 is 0 Å². The molecule has 1 aliphatic rings. The zero-order valence-corrected chi connectivity index (χ0v) is 28.6. The van der Waals surface area contributed by atoms with Gasteiger partial charge in [0.15, 0.2) is 9.84 Å². The number of hydrogen-bond acceptors (Lipinski definition) is 7. The maximum absolute atomic E-state index is 13.2. The number of nitrogens with zero attached hydrogens (tertiary/aromatic N) is 2. The summed E-state index contributed by atoms with van der Waals surface area (Å²) >= 11 is 0. The fourth-order valence-electron chi connectivity index (χ4n) is 5.87. The van der Waals surface area contributed by atoms with Crippen LogP contribution < -0.4 is 15.4 Å². The van der Waals surface area contributed by atoms with E-state index in [-0.39, 0.29) is 11.2 Å². The number of urea groups is 1. The van der Waals surface area contributed by atoms with Crippen LogP contribution in [0.3, 0.4) is 0 Å². The highest BCUT2D eigenvalue weighted by molar-refractivity contribution is 7.90. The number of rotatable bonds is 12.